The second-order valence-electron chi connectivity index (χ2n) is 5.62. The van der Waals surface area contributed by atoms with Crippen molar-refractivity contribution in [2.75, 3.05) is 7.11 Å². The van der Waals surface area contributed by atoms with Gasteiger partial charge in [0, 0.05) is 14.1 Å². The largest absolute Gasteiger partial charge is 0.497 e. The molecule has 1 aliphatic rings. The van der Waals surface area contributed by atoms with Gasteiger partial charge in [-0.25, -0.2) is 4.79 Å². The third-order valence-electron chi connectivity index (χ3n) is 4.26. The zero-order valence-electron chi connectivity index (χ0n) is 13.9. The Morgan fingerprint density at radius 3 is 2.40 bits per heavy atom. The van der Waals surface area contributed by atoms with Crippen LogP contribution in [0.5, 0.6) is 11.6 Å². The SMILES string of the molecule is COc1ccc(C2C(C#N)=C(N)Oc3c2c(=O)n(C)c(=O)n3C)cc1. The summed E-state index contributed by atoms with van der Waals surface area (Å²) >= 11 is 0. The first-order valence-electron chi connectivity index (χ1n) is 7.42. The molecule has 0 radical (unpaired) electrons. The number of nitrogens with two attached hydrogens (primary N) is 1. The number of allylic oxidation sites excluding steroid dienone is 1. The molecule has 1 aromatic carbocycles. The van der Waals surface area contributed by atoms with E-state index >= 15 is 0 Å². The molecule has 0 amide bonds. The lowest BCUT2D eigenvalue weighted by Gasteiger charge is -2.27. The van der Waals surface area contributed by atoms with E-state index in [9.17, 15) is 14.9 Å². The van der Waals surface area contributed by atoms with Crippen LogP contribution >= 0.6 is 0 Å². The molecule has 8 nitrogen and oxygen atoms in total. The molecule has 1 unspecified atom stereocenters. The minimum atomic E-state index is -0.731. The first kappa shape index (κ1) is 16.4. The second kappa shape index (κ2) is 5.87. The molecule has 0 bridgehead atoms. The Bertz CT molecular complexity index is 1040. The van der Waals surface area contributed by atoms with Crippen LogP contribution in [-0.2, 0) is 14.1 Å². The number of hydrogen-bond donors (Lipinski definition) is 1. The third kappa shape index (κ3) is 2.37. The maximum Gasteiger partial charge on any atom is 0.333 e. The van der Waals surface area contributed by atoms with E-state index in [1.54, 1.807) is 31.4 Å². The van der Waals surface area contributed by atoms with Crippen molar-refractivity contribution in [3.05, 3.63) is 67.7 Å². The fourth-order valence-electron chi connectivity index (χ4n) is 2.92. The Balaban J connectivity index is 2.36. The molecule has 1 atom stereocenters. The summed E-state index contributed by atoms with van der Waals surface area (Å²) in [6, 6.07) is 8.95. The number of ether oxygens (including phenoxy) is 2. The van der Waals surface area contributed by atoms with E-state index < -0.39 is 17.2 Å². The van der Waals surface area contributed by atoms with Crippen molar-refractivity contribution in [1.82, 2.24) is 9.13 Å². The Morgan fingerprint density at radius 1 is 1.20 bits per heavy atom. The first-order valence-corrected chi connectivity index (χ1v) is 7.42. The molecule has 128 valence electrons. The van der Waals surface area contributed by atoms with Gasteiger partial charge >= 0.3 is 5.69 Å². The second-order valence-corrected chi connectivity index (χ2v) is 5.62. The van der Waals surface area contributed by atoms with Crippen LogP contribution < -0.4 is 26.5 Å². The summed E-state index contributed by atoms with van der Waals surface area (Å²) in [5, 5.41) is 9.53. The number of methoxy groups -OCH3 is 1. The van der Waals surface area contributed by atoms with Crippen LogP contribution in [0, 0.1) is 11.3 Å². The number of aromatic nitrogens is 2. The van der Waals surface area contributed by atoms with Gasteiger partial charge < -0.3 is 15.2 Å². The van der Waals surface area contributed by atoms with Crippen molar-refractivity contribution < 1.29 is 9.47 Å². The van der Waals surface area contributed by atoms with Gasteiger partial charge in [-0.1, -0.05) is 12.1 Å². The number of benzene rings is 1. The van der Waals surface area contributed by atoms with E-state index in [4.69, 9.17) is 15.2 Å². The minimum absolute atomic E-state index is 0.0467. The van der Waals surface area contributed by atoms with Crippen LogP contribution in [0.1, 0.15) is 17.0 Å². The summed E-state index contributed by atoms with van der Waals surface area (Å²) in [4.78, 5) is 24.9. The molecular weight excluding hydrogens is 324 g/mol. The van der Waals surface area contributed by atoms with Gasteiger partial charge in [0.15, 0.2) is 0 Å². The van der Waals surface area contributed by atoms with Crippen LogP contribution in [0.25, 0.3) is 0 Å². The fraction of sp³-hybridized carbons (Fsp3) is 0.235. The zero-order valence-corrected chi connectivity index (χ0v) is 13.9. The predicted molar refractivity (Wildman–Crippen MR) is 89.2 cm³/mol. The number of rotatable bonds is 2. The van der Waals surface area contributed by atoms with Gasteiger partial charge in [-0.2, -0.15) is 5.26 Å². The van der Waals surface area contributed by atoms with Gasteiger partial charge in [0.2, 0.25) is 11.8 Å². The van der Waals surface area contributed by atoms with Gasteiger partial charge in [-0.05, 0) is 17.7 Å². The molecule has 2 N–H and O–H groups in total. The molecule has 0 aliphatic carbocycles. The fourth-order valence-corrected chi connectivity index (χ4v) is 2.92. The van der Waals surface area contributed by atoms with Gasteiger partial charge in [-0.3, -0.25) is 13.9 Å². The molecule has 0 saturated heterocycles. The quantitative estimate of drug-likeness (QED) is 0.842. The maximum absolute atomic E-state index is 12.7. The van der Waals surface area contributed by atoms with Crippen LogP contribution in [0.3, 0.4) is 0 Å². The first-order chi connectivity index (χ1) is 11.9. The van der Waals surface area contributed by atoms with Crippen LogP contribution in [-0.4, -0.2) is 16.2 Å². The highest BCUT2D eigenvalue weighted by Gasteiger charge is 2.35. The molecule has 0 saturated carbocycles. The maximum atomic E-state index is 12.7. The summed E-state index contributed by atoms with van der Waals surface area (Å²) in [6.07, 6.45) is 0. The number of hydrogen-bond acceptors (Lipinski definition) is 6. The highest BCUT2D eigenvalue weighted by molar-refractivity contribution is 5.53. The Morgan fingerprint density at radius 2 is 1.84 bits per heavy atom. The van der Waals surface area contributed by atoms with Crippen molar-refractivity contribution in [2.45, 2.75) is 5.92 Å². The lowest BCUT2D eigenvalue weighted by molar-refractivity contribution is 0.348. The summed E-state index contributed by atoms with van der Waals surface area (Å²) in [6.45, 7) is 0. The number of fused-ring (bicyclic) bond motifs is 1. The van der Waals surface area contributed by atoms with Gasteiger partial charge in [0.1, 0.15) is 17.4 Å². The number of nitrogens with zero attached hydrogens (tertiary/aromatic N) is 3. The summed E-state index contributed by atoms with van der Waals surface area (Å²) in [5.41, 5.74) is 5.80. The standard InChI is InChI=1S/C17H16N4O4/c1-20-15(22)13-12(9-4-6-10(24-3)7-5-9)11(8-18)14(19)25-16(13)21(2)17(20)23/h4-7,12H,19H2,1-3H3. The van der Waals surface area contributed by atoms with E-state index in [2.05, 4.69) is 0 Å². The molecule has 0 fully saturated rings. The smallest absolute Gasteiger partial charge is 0.333 e. The topological polar surface area (TPSA) is 112 Å². The lowest BCUT2D eigenvalue weighted by atomic mass is 9.85. The molecule has 8 heteroatoms. The molecule has 3 rings (SSSR count). The lowest BCUT2D eigenvalue weighted by Crippen LogP contribution is -2.42. The predicted octanol–water partition coefficient (Wildman–Crippen LogP) is 0.311. The normalized spacial score (nSPS) is 16.0. The molecule has 1 aliphatic heterocycles. The van der Waals surface area contributed by atoms with Crippen LogP contribution in [0.2, 0.25) is 0 Å². The van der Waals surface area contributed by atoms with Crippen molar-refractivity contribution >= 4 is 0 Å². The van der Waals surface area contributed by atoms with E-state index in [1.165, 1.54) is 18.7 Å². The average Bonchev–Trinajstić information content (AvgIpc) is 2.63. The van der Waals surface area contributed by atoms with Crippen molar-refractivity contribution in [1.29, 1.82) is 5.26 Å². The monoisotopic (exact) mass is 340 g/mol. The molecular formula is C17H16N4O4. The highest BCUT2D eigenvalue weighted by atomic mass is 16.5. The zero-order chi connectivity index (χ0) is 18.3. The molecule has 0 spiro atoms. The Labute approximate surface area is 142 Å². The van der Waals surface area contributed by atoms with Crippen LogP contribution in [0.15, 0.2) is 45.3 Å². The highest BCUT2D eigenvalue weighted by Crippen LogP contribution is 2.39. The summed E-state index contributed by atoms with van der Waals surface area (Å²) < 4.78 is 12.8. The van der Waals surface area contributed by atoms with Gasteiger partial charge in [0.25, 0.3) is 5.56 Å². The van der Waals surface area contributed by atoms with Crippen LogP contribution in [0.4, 0.5) is 0 Å². The van der Waals surface area contributed by atoms with E-state index in [1.807, 2.05) is 6.07 Å². The molecule has 2 aromatic rings. The average molecular weight is 340 g/mol. The molecule has 2 heterocycles. The molecule has 25 heavy (non-hydrogen) atoms. The van der Waals surface area contributed by atoms with Gasteiger partial charge in [-0.15, -0.1) is 0 Å². The minimum Gasteiger partial charge on any atom is -0.497 e. The number of nitriles is 1. The van der Waals surface area contributed by atoms with Crippen molar-refractivity contribution in [3.63, 3.8) is 0 Å². The van der Waals surface area contributed by atoms with E-state index in [0.29, 0.717) is 11.3 Å². The summed E-state index contributed by atoms with van der Waals surface area (Å²) in [7, 11) is 4.41. The molecule has 1 aromatic heterocycles. The van der Waals surface area contributed by atoms with Gasteiger partial charge in [0.05, 0.1) is 18.6 Å². The van der Waals surface area contributed by atoms with E-state index in [0.717, 1.165) is 4.57 Å². The Hall–Kier alpha value is -3.47. The van der Waals surface area contributed by atoms with Crippen molar-refractivity contribution in [3.8, 4) is 17.7 Å². The third-order valence-corrected chi connectivity index (χ3v) is 4.26. The van der Waals surface area contributed by atoms with E-state index in [-0.39, 0.29) is 22.9 Å². The Kier molecular flexibility index (Phi) is 3.85. The summed E-state index contributed by atoms with van der Waals surface area (Å²) in [5.74, 6) is -0.172. The van der Waals surface area contributed by atoms with Crippen molar-refractivity contribution in [2.24, 2.45) is 19.8 Å².